The minimum atomic E-state index is -0.0664. The molecule has 25 heavy (non-hydrogen) atoms. The quantitative estimate of drug-likeness (QED) is 0.455. The molecule has 4 heteroatoms. The maximum atomic E-state index is 12.0. The van der Waals surface area contributed by atoms with E-state index in [9.17, 15) is 4.79 Å². The molecule has 1 aromatic carbocycles. The van der Waals surface area contributed by atoms with Gasteiger partial charge < -0.3 is 14.8 Å². The van der Waals surface area contributed by atoms with Gasteiger partial charge in [-0.25, -0.2) is 0 Å². The lowest BCUT2D eigenvalue weighted by atomic mass is 10.1. The number of carbonyl (C=O) groups excluding carboxylic acids is 1. The van der Waals surface area contributed by atoms with E-state index in [2.05, 4.69) is 19.2 Å². The Balaban J connectivity index is 2.06. The highest BCUT2D eigenvalue weighted by molar-refractivity contribution is 5.94. The molecule has 0 saturated heterocycles. The first-order valence-electron chi connectivity index (χ1n) is 9.86. The Bertz CT molecular complexity index is 445. The minimum Gasteiger partial charge on any atom is -0.494 e. The van der Waals surface area contributed by atoms with Gasteiger partial charge in [0, 0.05) is 18.7 Å². The molecule has 0 radical (unpaired) electrons. The van der Waals surface area contributed by atoms with Gasteiger partial charge in [-0.05, 0) is 37.1 Å². The third kappa shape index (κ3) is 10.8. The fourth-order valence-corrected chi connectivity index (χ4v) is 2.46. The summed E-state index contributed by atoms with van der Waals surface area (Å²) >= 11 is 0. The number of unbranched alkanes of at least 4 members (excludes halogenated alkanes) is 6. The van der Waals surface area contributed by atoms with Crippen LogP contribution in [0.25, 0.3) is 0 Å². The highest BCUT2D eigenvalue weighted by Crippen LogP contribution is 2.12. The molecule has 0 heterocycles. The van der Waals surface area contributed by atoms with Crippen molar-refractivity contribution in [2.75, 3.05) is 26.4 Å². The Labute approximate surface area is 153 Å². The average molecular weight is 350 g/mol. The molecule has 0 bridgehead atoms. The van der Waals surface area contributed by atoms with Crippen molar-refractivity contribution in [2.24, 2.45) is 0 Å². The van der Waals surface area contributed by atoms with Crippen molar-refractivity contribution < 1.29 is 14.3 Å². The van der Waals surface area contributed by atoms with Gasteiger partial charge in [0.25, 0.3) is 5.91 Å². The maximum Gasteiger partial charge on any atom is 0.251 e. The molecule has 0 unspecified atom stereocenters. The van der Waals surface area contributed by atoms with Crippen molar-refractivity contribution in [1.29, 1.82) is 0 Å². The van der Waals surface area contributed by atoms with Crippen LogP contribution in [0.2, 0.25) is 0 Å². The largest absolute Gasteiger partial charge is 0.494 e. The summed E-state index contributed by atoms with van der Waals surface area (Å²) < 4.78 is 11.2. The highest BCUT2D eigenvalue weighted by atomic mass is 16.5. The lowest BCUT2D eigenvalue weighted by Gasteiger charge is -2.08. The minimum absolute atomic E-state index is 0.0664. The summed E-state index contributed by atoms with van der Waals surface area (Å²) in [6, 6.07) is 7.29. The maximum absolute atomic E-state index is 12.0. The molecule has 0 spiro atoms. The van der Waals surface area contributed by atoms with Crippen LogP contribution in [0.15, 0.2) is 24.3 Å². The fourth-order valence-electron chi connectivity index (χ4n) is 2.46. The second kappa shape index (κ2) is 14.8. The van der Waals surface area contributed by atoms with Crippen molar-refractivity contribution in [3.8, 4) is 5.75 Å². The zero-order valence-electron chi connectivity index (χ0n) is 16.0. The number of benzene rings is 1. The number of hydrogen-bond acceptors (Lipinski definition) is 3. The van der Waals surface area contributed by atoms with E-state index in [0.717, 1.165) is 38.2 Å². The van der Waals surface area contributed by atoms with Gasteiger partial charge in [0.15, 0.2) is 0 Å². The highest BCUT2D eigenvalue weighted by Gasteiger charge is 2.05. The van der Waals surface area contributed by atoms with Crippen LogP contribution >= 0.6 is 0 Å². The number of nitrogens with one attached hydrogen (secondary N) is 1. The summed E-state index contributed by atoms with van der Waals surface area (Å²) in [5.41, 5.74) is 0.652. The van der Waals surface area contributed by atoms with Crippen LogP contribution < -0.4 is 10.1 Å². The second-order valence-electron chi connectivity index (χ2n) is 6.36. The second-order valence-corrected chi connectivity index (χ2v) is 6.36. The predicted molar refractivity (Wildman–Crippen MR) is 103 cm³/mol. The Morgan fingerprint density at radius 1 is 0.840 bits per heavy atom. The lowest BCUT2D eigenvalue weighted by molar-refractivity contribution is 0.0911. The van der Waals surface area contributed by atoms with Crippen molar-refractivity contribution in [3.05, 3.63) is 29.8 Å². The molecule has 0 aliphatic carbocycles. The number of hydrogen-bond donors (Lipinski definition) is 1. The van der Waals surface area contributed by atoms with Gasteiger partial charge in [-0.2, -0.15) is 0 Å². The topological polar surface area (TPSA) is 47.6 Å². The number of rotatable bonds is 15. The van der Waals surface area contributed by atoms with Gasteiger partial charge in [0.05, 0.1) is 13.2 Å². The molecular weight excluding hydrogens is 314 g/mol. The smallest absolute Gasteiger partial charge is 0.251 e. The van der Waals surface area contributed by atoms with Gasteiger partial charge in [0.2, 0.25) is 0 Å². The fraction of sp³-hybridized carbons (Fsp3) is 0.667. The van der Waals surface area contributed by atoms with Crippen LogP contribution in [0, 0.1) is 0 Å². The predicted octanol–water partition coefficient (Wildman–Crippen LogP) is 4.97. The normalized spacial score (nSPS) is 10.6. The molecule has 1 aromatic rings. The summed E-state index contributed by atoms with van der Waals surface area (Å²) in [7, 11) is 0. The summed E-state index contributed by atoms with van der Waals surface area (Å²) in [5, 5.41) is 2.88. The van der Waals surface area contributed by atoms with E-state index in [-0.39, 0.29) is 5.91 Å². The van der Waals surface area contributed by atoms with Crippen LogP contribution in [0.5, 0.6) is 5.75 Å². The molecule has 142 valence electrons. The van der Waals surface area contributed by atoms with Crippen molar-refractivity contribution in [2.45, 2.75) is 65.2 Å². The van der Waals surface area contributed by atoms with Gasteiger partial charge in [-0.1, -0.05) is 52.4 Å². The zero-order chi connectivity index (χ0) is 18.2. The van der Waals surface area contributed by atoms with E-state index in [1.165, 1.54) is 32.1 Å². The molecule has 1 rings (SSSR count). The van der Waals surface area contributed by atoms with Gasteiger partial charge in [-0.15, -0.1) is 0 Å². The molecule has 0 fully saturated rings. The van der Waals surface area contributed by atoms with Crippen LogP contribution in [-0.2, 0) is 4.74 Å². The summed E-state index contributed by atoms with van der Waals surface area (Å²) in [5.74, 6) is 0.746. The third-order valence-electron chi connectivity index (χ3n) is 4.06. The van der Waals surface area contributed by atoms with Gasteiger partial charge in [0.1, 0.15) is 5.75 Å². The monoisotopic (exact) mass is 349 g/mol. The first-order chi connectivity index (χ1) is 12.3. The number of ether oxygens (including phenoxy) is 2. The molecule has 0 saturated carbocycles. The zero-order valence-corrected chi connectivity index (χ0v) is 16.0. The Hall–Kier alpha value is -1.55. The Morgan fingerprint density at radius 3 is 2.24 bits per heavy atom. The van der Waals surface area contributed by atoms with Gasteiger partial charge in [-0.3, -0.25) is 4.79 Å². The standard InChI is InChI=1S/C21H35NO3/c1-3-5-7-8-9-10-16-24-18-15-22-21(23)19-11-13-20(14-12-19)25-17-6-4-2/h11-14H,3-10,15-18H2,1-2H3,(H,22,23). The van der Waals surface area contributed by atoms with E-state index in [4.69, 9.17) is 9.47 Å². The van der Waals surface area contributed by atoms with Gasteiger partial charge >= 0.3 is 0 Å². The summed E-state index contributed by atoms with van der Waals surface area (Å²) in [6.07, 6.45) is 9.74. The molecule has 4 nitrogen and oxygen atoms in total. The van der Waals surface area contributed by atoms with Crippen molar-refractivity contribution in [1.82, 2.24) is 5.32 Å². The van der Waals surface area contributed by atoms with E-state index in [0.29, 0.717) is 18.7 Å². The summed E-state index contributed by atoms with van der Waals surface area (Å²) in [4.78, 5) is 12.0. The number of amides is 1. The Morgan fingerprint density at radius 2 is 1.52 bits per heavy atom. The van der Waals surface area contributed by atoms with E-state index in [1.54, 1.807) is 12.1 Å². The summed E-state index contributed by atoms with van der Waals surface area (Å²) in [6.45, 7) is 6.98. The molecule has 1 amide bonds. The third-order valence-corrected chi connectivity index (χ3v) is 4.06. The van der Waals surface area contributed by atoms with E-state index >= 15 is 0 Å². The molecule has 0 aliphatic heterocycles. The average Bonchev–Trinajstić information content (AvgIpc) is 2.64. The molecule has 1 N–H and O–H groups in total. The van der Waals surface area contributed by atoms with Crippen LogP contribution in [-0.4, -0.2) is 32.3 Å². The molecule has 0 aliphatic rings. The van der Waals surface area contributed by atoms with Crippen LogP contribution in [0.4, 0.5) is 0 Å². The molecule has 0 atom stereocenters. The lowest BCUT2D eigenvalue weighted by Crippen LogP contribution is -2.27. The van der Waals surface area contributed by atoms with E-state index < -0.39 is 0 Å². The van der Waals surface area contributed by atoms with Crippen LogP contribution in [0.3, 0.4) is 0 Å². The van der Waals surface area contributed by atoms with Crippen molar-refractivity contribution in [3.63, 3.8) is 0 Å². The Kier molecular flexibility index (Phi) is 12.7. The van der Waals surface area contributed by atoms with E-state index in [1.807, 2.05) is 12.1 Å². The first-order valence-corrected chi connectivity index (χ1v) is 9.86. The SMILES string of the molecule is CCCCCCCCOCCNC(=O)c1ccc(OCCCC)cc1. The molecule has 0 aromatic heterocycles. The first kappa shape index (κ1) is 21.5. The van der Waals surface area contributed by atoms with Crippen LogP contribution in [0.1, 0.15) is 75.6 Å². The molecular formula is C21H35NO3. The van der Waals surface area contributed by atoms with Crippen molar-refractivity contribution >= 4 is 5.91 Å². The number of carbonyl (C=O) groups is 1.